The minimum Gasteiger partial charge on any atom is -0.372 e. The van der Waals surface area contributed by atoms with E-state index < -0.39 is 0 Å². The molecule has 2 heterocycles. The summed E-state index contributed by atoms with van der Waals surface area (Å²) < 4.78 is 5.78. The zero-order valence-corrected chi connectivity index (χ0v) is 12.3. The van der Waals surface area contributed by atoms with E-state index in [1.54, 1.807) is 0 Å². The van der Waals surface area contributed by atoms with Crippen molar-refractivity contribution < 1.29 is 4.74 Å². The van der Waals surface area contributed by atoms with Crippen LogP contribution < -0.4 is 10.2 Å². The average molecular weight is 263 g/mol. The molecule has 4 nitrogen and oxygen atoms in total. The van der Waals surface area contributed by atoms with E-state index in [4.69, 9.17) is 4.74 Å². The first-order valence-electron chi connectivity index (χ1n) is 7.15. The minimum absolute atomic E-state index is 0.0738. The van der Waals surface area contributed by atoms with Crippen LogP contribution in [0.2, 0.25) is 0 Å². The third-order valence-corrected chi connectivity index (χ3v) is 3.39. The Hall–Kier alpha value is -1.13. The fraction of sp³-hybridized carbons (Fsp3) is 0.667. The zero-order valence-electron chi connectivity index (χ0n) is 12.3. The molecule has 0 amide bonds. The maximum absolute atomic E-state index is 5.78. The summed E-state index contributed by atoms with van der Waals surface area (Å²) >= 11 is 0. The lowest BCUT2D eigenvalue weighted by Gasteiger charge is -2.40. The number of nitrogens with one attached hydrogen (secondary N) is 1. The van der Waals surface area contributed by atoms with Gasteiger partial charge in [-0.1, -0.05) is 6.92 Å². The summed E-state index contributed by atoms with van der Waals surface area (Å²) in [5.74, 6) is 0. The molecule has 1 saturated heterocycles. The van der Waals surface area contributed by atoms with Crippen LogP contribution in [0.1, 0.15) is 32.8 Å². The van der Waals surface area contributed by atoms with Crippen LogP contribution in [0.15, 0.2) is 18.5 Å². The van der Waals surface area contributed by atoms with Gasteiger partial charge in [0.2, 0.25) is 0 Å². The SMILES string of the molecule is CCCNCc1cnccc1N1CCOC(C)(C)C1. The molecule has 0 spiro atoms. The molecule has 2 rings (SSSR count). The highest BCUT2D eigenvalue weighted by Crippen LogP contribution is 2.25. The fourth-order valence-electron chi connectivity index (χ4n) is 2.49. The molecule has 1 N–H and O–H groups in total. The Morgan fingerprint density at radius 1 is 1.47 bits per heavy atom. The van der Waals surface area contributed by atoms with Crippen molar-refractivity contribution >= 4 is 5.69 Å². The van der Waals surface area contributed by atoms with Gasteiger partial charge in [0, 0.05) is 43.3 Å². The molecule has 0 atom stereocenters. The van der Waals surface area contributed by atoms with Gasteiger partial charge in [-0.05, 0) is 32.9 Å². The van der Waals surface area contributed by atoms with Crippen LogP contribution in [-0.2, 0) is 11.3 Å². The zero-order chi connectivity index (χ0) is 13.7. The average Bonchev–Trinajstić information content (AvgIpc) is 2.38. The van der Waals surface area contributed by atoms with Crippen molar-refractivity contribution in [2.45, 2.75) is 39.3 Å². The van der Waals surface area contributed by atoms with E-state index in [9.17, 15) is 0 Å². The van der Waals surface area contributed by atoms with E-state index in [1.807, 2.05) is 12.4 Å². The molecule has 1 fully saturated rings. The van der Waals surface area contributed by atoms with Gasteiger partial charge in [-0.15, -0.1) is 0 Å². The van der Waals surface area contributed by atoms with Crippen molar-refractivity contribution in [3.63, 3.8) is 0 Å². The molecule has 0 saturated carbocycles. The van der Waals surface area contributed by atoms with E-state index >= 15 is 0 Å². The number of aromatic nitrogens is 1. The van der Waals surface area contributed by atoms with Gasteiger partial charge in [0.25, 0.3) is 0 Å². The van der Waals surface area contributed by atoms with E-state index in [1.165, 1.54) is 11.3 Å². The van der Waals surface area contributed by atoms with Crippen LogP contribution in [0.4, 0.5) is 5.69 Å². The van der Waals surface area contributed by atoms with Gasteiger partial charge in [-0.2, -0.15) is 0 Å². The highest BCUT2D eigenvalue weighted by atomic mass is 16.5. The topological polar surface area (TPSA) is 37.4 Å². The van der Waals surface area contributed by atoms with Gasteiger partial charge in [-0.25, -0.2) is 0 Å². The summed E-state index contributed by atoms with van der Waals surface area (Å²) in [5, 5.41) is 3.45. The Balaban J connectivity index is 2.10. The second-order valence-corrected chi connectivity index (χ2v) is 5.71. The Kier molecular flexibility index (Phi) is 4.77. The van der Waals surface area contributed by atoms with E-state index in [2.05, 4.69) is 42.0 Å². The van der Waals surface area contributed by atoms with Crippen LogP contribution in [0.3, 0.4) is 0 Å². The molecule has 0 unspecified atom stereocenters. The Morgan fingerprint density at radius 2 is 2.32 bits per heavy atom. The van der Waals surface area contributed by atoms with E-state index in [0.717, 1.165) is 39.2 Å². The molecular weight excluding hydrogens is 238 g/mol. The van der Waals surface area contributed by atoms with Crippen molar-refractivity contribution in [1.82, 2.24) is 10.3 Å². The van der Waals surface area contributed by atoms with E-state index in [0.29, 0.717) is 0 Å². The molecule has 0 radical (unpaired) electrons. The molecule has 1 aromatic heterocycles. The fourth-order valence-corrected chi connectivity index (χ4v) is 2.49. The smallest absolute Gasteiger partial charge is 0.0801 e. The highest BCUT2D eigenvalue weighted by Gasteiger charge is 2.28. The Labute approximate surface area is 116 Å². The summed E-state index contributed by atoms with van der Waals surface area (Å²) in [4.78, 5) is 6.67. The van der Waals surface area contributed by atoms with Crippen LogP contribution in [-0.4, -0.2) is 36.8 Å². The maximum Gasteiger partial charge on any atom is 0.0801 e. The molecule has 1 aromatic rings. The van der Waals surface area contributed by atoms with Crippen molar-refractivity contribution in [1.29, 1.82) is 0 Å². The minimum atomic E-state index is -0.0738. The lowest BCUT2D eigenvalue weighted by atomic mass is 10.1. The number of nitrogens with zero attached hydrogens (tertiary/aromatic N) is 2. The number of hydrogen-bond donors (Lipinski definition) is 1. The Bertz CT molecular complexity index is 406. The molecule has 106 valence electrons. The standard InChI is InChI=1S/C15H25N3O/c1-4-6-16-10-13-11-17-7-5-14(13)18-8-9-19-15(2,3)12-18/h5,7,11,16H,4,6,8-10,12H2,1-3H3. The van der Waals surface area contributed by atoms with Gasteiger partial charge in [0.15, 0.2) is 0 Å². The molecule has 1 aliphatic rings. The maximum atomic E-state index is 5.78. The van der Waals surface area contributed by atoms with Gasteiger partial charge in [0.05, 0.1) is 12.2 Å². The van der Waals surface area contributed by atoms with Crippen LogP contribution in [0.5, 0.6) is 0 Å². The predicted octanol–water partition coefficient (Wildman–Crippen LogP) is 2.20. The summed E-state index contributed by atoms with van der Waals surface area (Å²) in [6.45, 7) is 11.1. The second kappa shape index (κ2) is 6.35. The van der Waals surface area contributed by atoms with Crippen molar-refractivity contribution in [2.24, 2.45) is 0 Å². The summed E-state index contributed by atoms with van der Waals surface area (Å²) in [6, 6.07) is 2.12. The number of hydrogen-bond acceptors (Lipinski definition) is 4. The third kappa shape index (κ3) is 3.91. The number of ether oxygens (including phenoxy) is 1. The molecule has 0 aromatic carbocycles. The molecule has 0 aliphatic carbocycles. The monoisotopic (exact) mass is 263 g/mol. The summed E-state index contributed by atoms with van der Waals surface area (Å²) in [7, 11) is 0. The quantitative estimate of drug-likeness (QED) is 0.826. The second-order valence-electron chi connectivity index (χ2n) is 5.71. The number of anilines is 1. The van der Waals surface area contributed by atoms with Crippen LogP contribution in [0.25, 0.3) is 0 Å². The first-order valence-corrected chi connectivity index (χ1v) is 7.15. The largest absolute Gasteiger partial charge is 0.372 e. The summed E-state index contributed by atoms with van der Waals surface area (Å²) in [6.07, 6.45) is 5.00. The van der Waals surface area contributed by atoms with Gasteiger partial charge in [-0.3, -0.25) is 4.98 Å². The van der Waals surface area contributed by atoms with Crippen LogP contribution in [0, 0.1) is 0 Å². The molecule has 0 bridgehead atoms. The normalized spacial score (nSPS) is 18.6. The van der Waals surface area contributed by atoms with Crippen molar-refractivity contribution in [2.75, 3.05) is 31.1 Å². The van der Waals surface area contributed by atoms with Crippen LogP contribution >= 0.6 is 0 Å². The van der Waals surface area contributed by atoms with Gasteiger partial charge in [0.1, 0.15) is 0 Å². The lowest BCUT2D eigenvalue weighted by Crippen LogP contribution is -2.48. The lowest BCUT2D eigenvalue weighted by molar-refractivity contribution is -0.0277. The third-order valence-electron chi connectivity index (χ3n) is 3.39. The van der Waals surface area contributed by atoms with Gasteiger partial charge >= 0.3 is 0 Å². The first kappa shape index (κ1) is 14.3. The van der Waals surface area contributed by atoms with Crippen molar-refractivity contribution in [3.05, 3.63) is 24.0 Å². The molecular formula is C15H25N3O. The molecule has 1 aliphatic heterocycles. The molecule has 4 heteroatoms. The van der Waals surface area contributed by atoms with Crippen molar-refractivity contribution in [3.8, 4) is 0 Å². The number of pyridine rings is 1. The van der Waals surface area contributed by atoms with Gasteiger partial charge < -0.3 is 15.0 Å². The number of morpholine rings is 1. The highest BCUT2D eigenvalue weighted by molar-refractivity contribution is 5.52. The predicted molar refractivity (Wildman–Crippen MR) is 78.5 cm³/mol. The molecule has 19 heavy (non-hydrogen) atoms. The first-order chi connectivity index (χ1) is 9.12. The number of rotatable bonds is 5. The Morgan fingerprint density at radius 3 is 3.05 bits per heavy atom. The summed E-state index contributed by atoms with van der Waals surface area (Å²) in [5.41, 5.74) is 2.49. The van der Waals surface area contributed by atoms with E-state index in [-0.39, 0.29) is 5.60 Å².